The molecule has 1 aliphatic carbocycles. The first kappa shape index (κ1) is 20.4. The van der Waals surface area contributed by atoms with Gasteiger partial charge in [-0.3, -0.25) is 14.9 Å². The van der Waals surface area contributed by atoms with Crippen LogP contribution in [0.3, 0.4) is 0 Å². The summed E-state index contributed by atoms with van der Waals surface area (Å²) >= 11 is 6.11. The maximum absolute atomic E-state index is 12.8. The van der Waals surface area contributed by atoms with E-state index in [1.54, 1.807) is 0 Å². The van der Waals surface area contributed by atoms with E-state index in [1.807, 2.05) is 4.90 Å². The maximum atomic E-state index is 12.8. The molecule has 0 aromatic carbocycles. The molecule has 1 aliphatic heterocycles. The smallest absolute Gasteiger partial charge is 0.270 e. The Morgan fingerprint density at radius 2 is 2.03 bits per heavy atom. The van der Waals surface area contributed by atoms with Crippen LogP contribution in [0.2, 0.25) is 5.02 Å². The molecule has 2 N–H and O–H groups in total. The minimum atomic E-state index is -2.64. The van der Waals surface area contributed by atoms with E-state index >= 15 is 0 Å². The molecular weight excluding hydrogens is 418 g/mol. The summed E-state index contributed by atoms with van der Waals surface area (Å²) in [4.78, 5) is 38.4. The van der Waals surface area contributed by atoms with Gasteiger partial charge >= 0.3 is 0 Å². The number of hydrogen-bond acceptors (Lipinski definition) is 6. The average Bonchev–Trinajstić information content (AvgIpc) is 3.48. The lowest BCUT2D eigenvalue weighted by Gasteiger charge is -2.19. The van der Waals surface area contributed by atoms with Crippen LogP contribution in [0.25, 0.3) is 0 Å². The quantitative estimate of drug-likeness (QED) is 0.722. The van der Waals surface area contributed by atoms with E-state index in [1.165, 1.54) is 18.3 Å². The van der Waals surface area contributed by atoms with Crippen molar-refractivity contribution in [3.63, 3.8) is 0 Å². The number of nitrogens with zero attached hydrogens (tertiary/aromatic N) is 4. The minimum absolute atomic E-state index is 0.00532. The van der Waals surface area contributed by atoms with Crippen LogP contribution in [-0.4, -0.2) is 45.9 Å². The predicted molar refractivity (Wildman–Crippen MR) is 106 cm³/mol. The number of aromatic nitrogens is 3. The number of nitrogens with one attached hydrogen (secondary N) is 2. The second-order valence-electron chi connectivity index (χ2n) is 7.31. The second kappa shape index (κ2) is 8.47. The Bertz CT molecular complexity index is 972. The van der Waals surface area contributed by atoms with Gasteiger partial charge in [-0.2, -0.15) is 0 Å². The third kappa shape index (κ3) is 4.64. The van der Waals surface area contributed by atoms with Crippen LogP contribution < -0.4 is 15.5 Å². The van der Waals surface area contributed by atoms with Gasteiger partial charge in [0.2, 0.25) is 11.9 Å². The zero-order valence-electron chi connectivity index (χ0n) is 15.8. The molecule has 1 atom stereocenters. The number of amides is 2. The van der Waals surface area contributed by atoms with Crippen molar-refractivity contribution in [1.29, 1.82) is 0 Å². The SMILES string of the molecule is O=C(N[C@@H]1CCN(c2ncc(C(F)F)cc2Cl)C1)c1ccnc(NC(=O)C2CC2)n1. The Morgan fingerprint density at radius 3 is 2.73 bits per heavy atom. The molecule has 0 spiro atoms. The van der Waals surface area contributed by atoms with Gasteiger partial charge in [-0.25, -0.2) is 23.7 Å². The van der Waals surface area contributed by atoms with Crippen molar-refractivity contribution in [3.8, 4) is 0 Å². The van der Waals surface area contributed by atoms with Gasteiger partial charge in [0.15, 0.2) is 0 Å². The number of pyridine rings is 1. The molecule has 2 aromatic rings. The molecule has 2 amide bonds. The van der Waals surface area contributed by atoms with Gasteiger partial charge in [-0.15, -0.1) is 0 Å². The van der Waals surface area contributed by atoms with E-state index in [-0.39, 0.29) is 40.1 Å². The molecule has 3 heterocycles. The summed E-state index contributed by atoms with van der Waals surface area (Å²) in [7, 11) is 0. The van der Waals surface area contributed by atoms with Gasteiger partial charge in [0.05, 0.1) is 5.02 Å². The summed E-state index contributed by atoms with van der Waals surface area (Å²) in [6, 6.07) is 2.49. The third-order valence-corrected chi connectivity index (χ3v) is 5.27. The molecule has 1 saturated carbocycles. The molecule has 0 bridgehead atoms. The van der Waals surface area contributed by atoms with Crippen molar-refractivity contribution in [2.75, 3.05) is 23.3 Å². The largest absolute Gasteiger partial charge is 0.353 e. The first-order chi connectivity index (χ1) is 14.4. The summed E-state index contributed by atoms with van der Waals surface area (Å²) in [6.07, 6.45) is 2.23. The molecule has 1 saturated heterocycles. The highest BCUT2D eigenvalue weighted by atomic mass is 35.5. The Labute approximate surface area is 176 Å². The lowest BCUT2D eigenvalue weighted by molar-refractivity contribution is -0.117. The van der Waals surface area contributed by atoms with Crippen LogP contribution >= 0.6 is 11.6 Å². The highest BCUT2D eigenvalue weighted by Gasteiger charge is 2.30. The fourth-order valence-electron chi connectivity index (χ4n) is 3.23. The number of hydrogen-bond donors (Lipinski definition) is 2. The van der Waals surface area contributed by atoms with Crippen LogP contribution in [0.15, 0.2) is 24.5 Å². The molecule has 4 rings (SSSR count). The highest BCUT2D eigenvalue weighted by molar-refractivity contribution is 6.33. The molecule has 11 heteroatoms. The van der Waals surface area contributed by atoms with Crippen molar-refractivity contribution in [1.82, 2.24) is 20.3 Å². The van der Waals surface area contributed by atoms with Gasteiger partial charge in [0.25, 0.3) is 12.3 Å². The van der Waals surface area contributed by atoms with Crippen molar-refractivity contribution in [3.05, 3.63) is 40.8 Å². The Kier molecular flexibility index (Phi) is 5.76. The first-order valence-electron chi connectivity index (χ1n) is 9.54. The molecule has 158 valence electrons. The summed E-state index contributed by atoms with van der Waals surface area (Å²) < 4.78 is 25.5. The number of carbonyl (C=O) groups excluding carboxylic acids is 2. The predicted octanol–water partition coefficient (Wildman–Crippen LogP) is 2.82. The highest BCUT2D eigenvalue weighted by Crippen LogP contribution is 2.31. The van der Waals surface area contributed by atoms with Gasteiger partial charge in [-0.1, -0.05) is 11.6 Å². The van der Waals surface area contributed by atoms with E-state index in [0.717, 1.165) is 19.0 Å². The van der Waals surface area contributed by atoms with Crippen LogP contribution in [0.1, 0.15) is 41.7 Å². The van der Waals surface area contributed by atoms with E-state index < -0.39 is 12.3 Å². The van der Waals surface area contributed by atoms with E-state index in [4.69, 9.17) is 11.6 Å². The van der Waals surface area contributed by atoms with Gasteiger partial charge < -0.3 is 10.2 Å². The summed E-state index contributed by atoms with van der Waals surface area (Å²) in [6.45, 7) is 1.00. The molecule has 2 aliphatic rings. The molecule has 0 radical (unpaired) electrons. The Morgan fingerprint density at radius 1 is 1.23 bits per heavy atom. The minimum Gasteiger partial charge on any atom is -0.353 e. The van der Waals surface area contributed by atoms with E-state index in [0.29, 0.717) is 25.3 Å². The van der Waals surface area contributed by atoms with Crippen LogP contribution in [0, 0.1) is 5.92 Å². The summed E-state index contributed by atoms with van der Waals surface area (Å²) in [5, 5.41) is 5.64. The molecule has 2 aromatic heterocycles. The van der Waals surface area contributed by atoms with Gasteiger partial charge in [0, 0.05) is 43.0 Å². The molecule has 30 heavy (non-hydrogen) atoms. The summed E-state index contributed by atoms with van der Waals surface area (Å²) in [5.74, 6) is -0.0159. The Balaban J connectivity index is 1.36. The molecular formula is C19H19ClF2N6O2. The van der Waals surface area contributed by atoms with Crippen molar-refractivity contribution in [2.24, 2.45) is 5.92 Å². The third-order valence-electron chi connectivity index (χ3n) is 4.99. The second-order valence-corrected chi connectivity index (χ2v) is 7.72. The fourth-order valence-corrected chi connectivity index (χ4v) is 3.52. The number of anilines is 2. The number of carbonyl (C=O) groups is 2. The van der Waals surface area contributed by atoms with Gasteiger partial charge in [-0.05, 0) is 31.4 Å². The standard InChI is InChI=1S/C19H19ClF2N6O2/c20-13-7-11(15(21)22)8-24-16(13)28-6-4-12(9-28)25-18(30)14-3-5-23-19(26-14)27-17(29)10-1-2-10/h3,5,7-8,10,12,15H,1-2,4,6,9H2,(H,25,30)(H,23,26,27,29)/t12-/m1/s1. The lowest BCUT2D eigenvalue weighted by atomic mass is 10.2. The van der Waals surface area contributed by atoms with Crippen LogP contribution in [0.4, 0.5) is 20.5 Å². The number of rotatable bonds is 6. The monoisotopic (exact) mass is 436 g/mol. The zero-order valence-corrected chi connectivity index (χ0v) is 16.6. The topological polar surface area (TPSA) is 100 Å². The number of alkyl halides is 2. The van der Waals surface area contributed by atoms with Crippen molar-refractivity contribution in [2.45, 2.75) is 31.7 Å². The fraction of sp³-hybridized carbons (Fsp3) is 0.421. The van der Waals surface area contributed by atoms with E-state index in [9.17, 15) is 18.4 Å². The van der Waals surface area contributed by atoms with Crippen molar-refractivity contribution >= 4 is 35.2 Å². The molecule has 0 unspecified atom stereocenters. The van der Waals surface area contributed by atoms with Crippen LogP contribution in [-0.2, 0) is 4.79 Å². The van der Waals surface area contributed by atoms with E-state index in [2.05, 4.69) is 25.6 Å². The molecule has 8 nitrogen and oxygen atoms in total. The number of halogens is 3. The van der Waals surface area contributed by atoms with Crippen LogP contribution in [0.5, 0.6) is 0 Å². The van der Waals surface area contributed by atoms with Gasteiger partial charge in [0.1, 0.15) is 11.5 Å². The summed E-state index contributed by atoms with van der Waals surface area (Å²) in [5.41, 5.74) is -0.0897. The Hall–Kier alpha value is -2.88. The van der Waals surface area contributed by atoms with Crippen molar-refractivity contribution < 1.29 is 18.4 Å². The first-order valence-corrected chi connectivity index (χ1v) is 9.92. The average molecular weight is 437 g/mol. The molecule has 2 fully saturated rings. The normalized spacial score (nSPS) is 18.5. The lowest BCUT2D eigenvalue weighted by Crippen LogP contribution is -2.37. The maximum Gasteiger partial charge on any atom is 0.270 e. The zero-order chi connectivity index (χ0) is 21.3.